The van der Waals surface area contributed by atoms with Crippen LogP contribution in [0.15, 0.2) is 16.9 Å². The van der Waals surface area contributed by atoms with E-state index in [9.17, 15) is 14.7 Å². The van der Waals surface area contributed by atoms with Gasteiger partial charge in [-0.05, 0) is 18.6 Å². The Morgan fingerprint density at radius 1 is 1.32 bits per heavy atom. The number of benzene rings is 1. The number of rotatable bonds is 2. The number of aromatic hydroxyl groups is 1. The molecule has 6 nitrogen and oxygen atoms in total. The molecule has 0 atom stereocenters. The fourth-order valence-corrected chi connectivity index (χ4v) is 2.00. The third kappa shape index (κ3) is 1.91. The maximum absolute atomic E-state index is 11.8. The number of aryl methyl sites for hydroxylation is 1. The molecule has 1 aromatic carbocycles. The molecule has 6 heteroatoms. The van der Waals surface area contributed by atoms with E-state index in [-0.39, 0.29) is 5.39 Å². The van der Waals surface area contributed by atoms with Crippen molar-refractivity contribution in [1.29, 1.82) is 0 Å². The van der Waals surface area contributed by atoms with E-state index in [1.54, 1.807) is 19.1 Å². The molecule has 0 spiro atoms. The SMILES string of the molecule is COC(=O)c1c(O)c2c(OC)c(C)ccc2[nH]c1=O. The standard InChI is InChI=1S/C13H13NO5/c1-6-4-5-7-8(11(6)18-2)10(15)9(12(16)14-7)13(17)19-3/h4-5H,1-3H3,(H2,14,15,16). The number of pyridine rings is 1. The van der Waals surface area contributed by atoms with Crippen LogP contribution in [0.3, 0.4) is 0 Å². The van der Waals surface area contributed by atoms with Crippen molar-refractivity contribution < 1.29 is 19.4 Å². The van der Waals surface area contributed by atoms with E-state index in [0.29, 0.717) is 11.3 Å². The first kappa shape index (κ1) is 12.9. The van der Waals surface area contributed by atoms with Gasteiger partial charge in [-0.25, -0.2) is 4.79 Å². The quantitative estimate of drug-likeness (QED) is 0.798. The highest BCUT2D eigenvalue weighted by molar-refractivity contribution is 6.01. The molecule has 0 bridgehead atoms. The maximum atomic E-state index is 11.8. The van der Waals surface area contributed by atoms with Crippen LogP contribution in [0, 0.1) is 6.92 Å². The van der Waals surface area contributed by atoms with E-state index in [1.807, 2.05) is 0 Å². The normalized spacial score (nSPS) is 10.5. The number of H-pyrrole nitrogens is 1. The van der Waals surface area contributed by atoms with Crippen molar-refractivity contribution in [2.24, 2.45) is 0 Å². The Kier molecular flexibility index (Phi) is 3.16. The molecule has 0 saturated carbocycles. The zero-order valence-electron chi connectivity index (χ0n) is 10.7. The van der Waals surface area contributed by atoms with Crippen molar-refractivity contribution in [3.63, 3.8) is 0 Å². The maximum Gasteiger partial charge on any atom is 0.347 e. The summed E-state index contributed by atoms with van der Waals surface area (Å²) in [6.07, 6.45) is 0. The minimum atomic E-state index is -0.899. The van der Waals surface area contributed by atoms with Crippen LogP contribution in [-0.4, -0.2) is 30.3 Å². The molecule has 2 aromatic rings. The average molecular weight is 263 g/mol. The summed E-state index contributed by atoms with van der Waals surface area (Å²) in [5.41, 5.74) is 0.0208. The highest BCUT2D eigenvalue weighted by Gasteiger charge is 2.22. The van der Waals surface area contributed by atoms with Crippen LogP contribution in [0.25, 0.3) is 10.9 Å². The Morgan fingerprint density at radius 3 is 2.58 bits per heavy atom. The molecule has 2 rings (SSSR count). The monoisotopic (exact) mass is 263 g/mol. The number of aromatic amines is 1. The van der Waals surface area contributed by atoms with E-state index in [4.69, 9.17) is 4.74 Å². The lowest BCUT2D eigenvalue weighted by atomic mass is 10.1. The summed E-state index contributed by atoms with van der Waals surface area (Å²) in [5.74, 6) is -0.938. The fraction of sp³-hybridized carbons (Fsp3) is 0.231. The molecule has 0 amide bonds. The van der Waals surface area contributed by atoms with Gasteiger partial charge in [0, 0.05) is 0 Å². The summed E-state index contributed by atoms with van der Waals surface area (Å²) >= 11 is 0. The van der Waals surface area contributed by atoms with E-state index in [2.05, 4.69) is 9.72 Å². The Hall–Kier alpha value is -2.50. The number of carbonyl (C=O) groups is 1. The van der Waals surface area contributed by atoms with Gasteiger partial charge in [0.1, 0.15) is 11.5 Å². The predicted molar refractivity (Wildman–Crippen MR) is 68.9 cm³/mol. The summed E-state index contributed by atoms with van der Waals surface area (Å²) in [6, 6.07) is 3.38. The zero-order chi connectivity index (χ0) is 14.2. The molecule has 0 aliphatic carbocycles. The van der Waals surface area contributed by atoms with Crippen LogP contribution < -0.4 is 10.3 Å². The van der Waals surface area contributed by atoms with E-state index in [1.165, 1.54) is 7.11 Å². The topological polar surface area (TPSA) is 88.6 Å². The van der Waals surface area contributed by atoms with Gasteiger partial charge in [0.2, 0.25) is 0 Å². The Bertz CT molecular complexity index is 717. The lowest BCUT2D eigenvalue weighted by molar-refractivity contribution is 0.0595. The van der Waals surface area contributed by atoms with Crippen molar-refractivity contribution in [2.75, 3.05) is 14.2 Å². The van der Waals surface area contributed by atoms with Crippen LogP contribution in [0.4, 0.5) is 0 Å². The third-order valence-electron chi connectivity index (χ3n) is 2.90. The molecule has 100 valence electrons. The summed E-state index contributed by atoms with van der Waals surface area (Å²) in [6.45, 7) is 1.79. The largest absolute Gasteiger partial charge is 0.506 e. The Balaban J connectivity index is 2.96. The molecule has 0 aliphatic rings. The molecule has 0 aliphatic heterocycles. The lowest BCUT2D eigenvalue weighted by Gasteiger charge is -2.11. The molecule has 0 radical (unpaired) electrons. The van der Waals surface area contributed by atoms with Crippen LogP contribution in [0.2, 0.25) is 0 Å². The number of ether oxygens (including phenoxy) is 2. The predicted octanol–water partition coefficient (Wildman–Crippen LogP) is 1.34. The molecular weight excluding hydrogens is 250 g/mol. The number of carbonyl (C=O) groups excluding carboxylic acids is 1. The zero-order valence-corrected chi connectivity index (χ0v) is 10.7. The lowest BCUT2D eigenvalue weighted by Crippen LogP contribution is -2.19. The number of hydrogen-bond acceptors (Lipinski definition) is 5. The second-order valence-corrected chi connectivity index (χ2v) is 4.01. The van der Waals surface area contributed by atoms with Gasteiger partial charge in [-0.3, -0.25) is 4.79 Å². The molecule has 0 unspecified atom stereocenters. The van der Waals surface area contributed by atoms with Gasteiger partial charge < -0.3 is 19.6 Å². The van der Waals surface area contributed by atoms with Crippen LogP contribution >= 0.6 is 0 Å². The average Bonchev–Trinajstić information content (AvgIpc) is 2.39. The summed E-state index contributed by atoms with van der Waals surface area (Å²) in [5, 5.41) is 10.4. The first-order valence-corrected chi connectivity index (χ1v) is 5.52. The highest BCUT2D eigenvalue weighted by Crippen LogP contribution is 2.35. The van der Waals surface area contributed by atoms with Crippen LogP contribution in [0.5, 0.6) is 11.5 Å². The summed E-state index contributed by atoms with van der Waals surface area (Å²) in [4.78, 5) is 25.8. The number of hydrogen-bond donors (Lipinski definition) is 2. The number of esters is 1. The minimum absolute atomic E-state index is 0.280. The van der Waals surface area contributed by atoms with E-state index in [0.717, 1.165) is 12.7 Å². The van der Waals surface area contributed by atoms with Crippen molar-refractivity contribution in [2.45, 2.75) is 6.92 Å². The number of nitrogens with one attached hydrogen (secondary N) is 1. The van der Waals surface area contributed by atoms with Crippen LogP contribution in [0.1, 0.15) is 15.9 Å². The van der Waals surface area contributed by atoms with Crippen LogP contribution in [-0.2, 0) is 4.74 Å². The molecule has 19 heavy (non-hydrogen) atoms. The second kappa shape index (κ2) is 4.64. The van der Waals surface area contributed by atoms with Crippen molar-refractivity contribution in [1.82, 2.24) is 4.98 Å². The Morgan fingerprint density at radius 2 is 2.00 bits per heavy atom. The molecule has 0 saturated heterocycles. The van der Waals surface area contributed by atoms with Gasteiger partial charge >= 0.3 is 5.97 Å². The van der Waals surface area contributed by atoms with E-state index >= 15 is 0 Å². The van der Waals surface area contributed by atoms with Gasteiger partial charge in [0.05, 0.1) is 25.1 Å². The van der Waals surface area contributed by atoms with E-state index < -0.39 is 22.8 Å². The molecular formula is C13H13NO5. The molecule has 2 N–H and O–H groups in total. The number of fused-ring (bicyclic) bond motifs is 1. The number of methoxy groups -OCH3 is 2. The van der Waals surface area contributed by atoms with Gasteiger partial charge in [-0.1, -0.05) is 6.07 Å². The molecule has 0 fully saturated rings. The van der Waals surface area contributed by atoms with Gasteiger partial charge in [-0.2, -0.15) is 0 Å². The second-order valence-electron chi connectivity index (χ2n) is 4.01. The molecule has 1 aromatic heterocycles. The molecule has 1 heterocycles. The first-order valence-electron chi connectivity index (χ1n) is 5.52. The first-order chi connectivity index (χ1) is 9.01. The van der Waals surface area contributed by atoms with Crippen molar-refractivity contribution in [3.05, 3.63) is 33.6 Å². The van der Waals surface area contributed by atoms with Crippen molar-refractivity contribution in [3.8, 4) is 11.5 Å². The van der Waals surface area contributed by atoms with Gasteiger partial charge in [0.25, 0.3) is 5.56 Å². The van der Waals surface area contributed by atoms with Gasteiger partial charge in [0.15, 0.2) is 5.56 Å². The summed E-state index contributed by atoms with van der Waals surface area (Å²) in [7, 11) is 2.59. The minimum Gasteiger partial charge on any atom is -0.506 e. The van der Waals surface area contributed by atoms with Crippen molar-refractivity contribution >= 4 is 16.9 Å². The highest BCUT2D eigenvalue weighted by atomic mass is 16.5. The Labute approximate surface area is 108 Å². The fourth-order valence-electron chi connectivity index (χ4n) is 2.00. The third-order valence-corrected chi connectivity index (χ3v) is 2.90. The smallest absolute Gasteiger partial charge is 0.347 e. The number of aromatic nitrogens is 1. The summed E-state index contributed by atoms with van der Waals surface area (Å²) < 4.78 is 9.70. The van der Waals surface area contributed by atoms with Gasteiger partial charge in [-0.15, -0.1) is 0 Å².